The van der Waals surface area contributed by atoms with Gasteiger partial charge in [0.15, 0.2) is 0 Å². The predicted octanol–water partition coefficient (Wildman–Crippen LogP) is 1.07. The molecule has 0 unspecified atom stereocenters. The fourth-order valence-electron chi connectivity index (χ4n) is 0.745. The van der Waals surface area contributed by atoms with Crippen LogP contribution in [0.4, 0.5) is 0 Å². The molecular weight excluding hydrogens is 109 g/mol. The largest absolute Gasteiger partial charge is 0.402 e. The first-order valence-corrected chi connectivity index (χ1v) is 3.75. The van der Waals surface area contributed by atoms with Crippen LogP contribution in [0, 0.1) is 0 Å². The van der Waals surface area contributed by atoms with E-state index in [2.05, 4.69) is 20.8 Å². The van der Waals surface area contributed by atoms with E-state index < -0.39 is 0 Å². The lowest BCUT2D eigenvalue weighted by molar-refractivity contribution is 0.881. The van der Waals surface area contributed by atoms with Gasteiger partial charge in [0.2, 0.25) is 0 Å². The van der Waals surface area contributed by atoms with Gasteiger partial charge in [0.25, 0.3) is 0 Å². The molecule has 2 N–H and O–H groups in total. The van der Waals surface area contributed by atoms with E-state index in [4.69, 9.17) is 5.73 Å². The second kappa shape index (κ2) is 5.74. The van der Waals surface area contributed by atoms with Gasteiger partial charge in [-0.3, -0.25) is 0 Å². The van der Waals surface area contributed by atoms with E-state index in [-0.39, 0.29) is 0 Å². The predicted molar refractivity (Wildman–Crippen MR) is 45.1 cm³/mol. The lowest BCUT2D eigenvalue weighted by Crippen LogP contribution is -1.95. The SMILES string of the molecule is BCCC/C(N)=C\CC. The summed E-state index contributed by atoms with van der Waals surface area (Å²) in [4.78, 5) is 0. The summed E-state index contributed by atoms with van der Waals surface area (Å²) in [5.41, 5.74) is 6.69. The molecule has 0 saturated heterocycles. The van der Waals surface area contributed by atoms with Gasteiger partial charge in [-0.2, -0.15) is 0 Å². The number of allylic oxidation sites excluding steroid dienone is 2. The van der Waals surface area contributed by atoms with Crippen molar-refractivity contribution in [3.63, 3.8) is 0 Å². The van der Waals surface area contributed by atoms with Gasteiger partial charge in [0.05, 0.1) is 0 Å². The molecule has 0 heterocycles. The topological polar surface area (TPSA) is 26.0 Å². The lowest BCUT2D eigenvalue weighted by atomic mass is 9.99. The third-order valence-electron chi connectivity index (χ3n) is 1.29. The molecule has 0 fully saturated rings. The van der Waals surface area contributed by atoms with Crippen LogP contribution in [-0.4, -0.2) is 7.85 Å². The summed E-state index contributed by atoms with van der Waals surface area (Å²) < 4.78 is 0. The monoisotopic (exact) mass is 125 g/mol. The molecule has 52 valence electrons. The molecule has 1 nitrogen and oxygen atoms in total. The van der Waals surface area contributed by atoms with Crippen LogP contribution in [0.5, 0.6) is 0 Å². The normalized spacial score (nSPS) is 11.9. The molecular formula is C7H16BN. The van der Waals surface area contributed by atoms with Crippen molar-refractivity contribution in [1.82, 2.24) is 0 Å². The molecule has 0 spiro atoms. The zero-order valence-electron chi connectivity index (χ0n) is 6.48. The van der Waals surface area contributed by atoms with E-state index in [0.717, 1.165) is 18.5 Å². The van der Waals surface area contributed by atoms with Crippen molar-refractivity contribution >= 4 is 7.85 Å². The molecule has 0 aliphatic rings. The minimum absolute atomic E-state index is 1.05. The summed E-state index contributed by atoms with van der Waals surface area (Å²) in [6.45, 7) is 2.11. The third-order valence-corrected chi connectivity index (χ3v) is 1.29. The van der Waals surface area contributed by atoms with Gasteiger partial charge in [-0.1, -0.05) is 25.7 Å². The molecule has 0 atom stereocenters. The van der Waals surface area contributed by atoms with Crippen LogP contribution in [-0.2, 0) is 0 Å². The minimum Gasteiger partial charge on any atom is -0.402 e. The van der Waals surface area contributed by atoms with Gasteiger partial charge in [-0.15, -0.1) is 0 Å². The Morgan fingerprint density at radius 1 is 1.67 bits per heavy atom. The van der Waals surface area contributed by atoms with E-state index in [1.807, 2.05) is 0 Å². The fourth-order valence-corrected chi connectivity index (χ4v) is 0.745. The zero-order chi connectivity index (χ0) is 7.11. The number of rotatable bonds is 4. The molecule has 0 saturated carbocycles. The van der Waals surface area contributed by atoms with E-state index in [9.17, 15) is 0 Å². The highest BCUT2D eigenvalue weighted by Crippen LogP contribution is 2.00. The summed E-state index contributed by atoms with van der Waals surface area (Å²) in [5.74, 6) is 0. The quantitative estimate of drug-likeness (QED) is 0.558. The average Bonchev–Trinajstić information content (AvgIpc) is 1.85. The van der Waals surface area contributed by atoms with Crippen molar-refractivity contribution in [3.8, 4) is 0 Å². The molecule has 0 aliphatic carbocycles. The highest BCUT2D eigenvalue weighted by atomic mass is 14.6. The maximum Gasteiger partial charge on any atom is 0.101 e. The summed E-state index contributed by atoms with van der Waals surface area (Å²) in [5, 5.41) is 0. The average molecular weight is 125 g/mol. The maximum atomic E-state index is 5.63. The molecule has 0 amide bonds. The second-order valence-electron chi connectivity index (χ2n) is 2.29. The first-order valence-electron chi connectivity index (χ1n) is 3.75. The van der Waals surface area contributed by atoms with Crippen LogP contribution >= 0.6 is 0 Å². The molecule has 0 aliphatic heterocycles. The molecule has 0 rings (SSSR count). The zero-order valence-corrected chi connectivity index (χ0v) is 6.48. The summed E-state index contributed by atoms with van der Waals surface area (Å²) >= 11 is 0. The Balaban J connectivity index is 3.25. The van der Waals surface area contributed by atoms with Crippen molar-refractivity contribution in [2.75, 3.05) is 0 Å². The number of hydrogen-bond donors (Lipinski definition) is 1. The highest BCUT2D eigenvalue weighted by Gasteiger charge is 1.86. The van der Waals surface area contributed by atoms with Gasteiger partial charge in [-0.25, -0.2) is 0 Å². The molecule has 2 heteroatoms. The van der Waals surface area contributed by atoms with Crippen molar-refractivity contribution < 1.29 is 0 Å². The molecule has 0 aromatic carbocycles. The third kappa shape index (κ3) is 5.48. The molecule has 0 bridgehead atoms. The summed E-state index contributed by atoms with van der Waals surface area (Å²) in [6, 6.07) is 0. The molecule has 0 aromatic rings. The standard InChI is InChI=1S/C7H16BN/c1-2-4-7(9)5-3-6-8/h4H,2-3,5-6,8-9H2,1H3/b7-4+. The van der Waals surface area contributed by atoms with Gasteiger partial charge in [0.1, 0.15) is 7.85 Å². The number of nitrogens with two attached hydrogens (primary N) is 1. The van der Waals surface area contributed by atoms with Crippen molar-refractivity contribution in [2.45, 2.75) is 32.5 Å². The second-order valence-corrected chi connectivity index (χ2v) is 2.29. The van der Waals surface area contributed by atoms with Crippen molar-refractivity contribution in [3.05, 3.63) is 11.8 Å². The Kier molecular flexibility index (Phi) is 5.48. The van der Waals surface area contributed by atoms with Gasteiger partial charge >= 0.3 is 0 Å². The Hall–Kier alpha value is -0.395. The summed E-state index contributed by atoms with van der Waals surface area (Å²) in [7, 11) is 2.18. The highest BCUT2D eigenvalue weighted by molar-refractivity contribution is 6.08. The Bertz CT molecular complexity index is 88.9. The Labute approximate surface area is 58.7 Å². The van der Waals surface area contributed by atoms with Crippen LogP contribution in [0.1, 0.15) is 26.2 Å². The first-order chi connectivity index (χ1) is 4.31. The minimum atomic E-state index is 1.05. The Morgan fingerprint density at radius 3 is 2.78 bits per heavy atom. The molecule has 9 heavy (non-hydrogen) atoms. The first kappa shape index (κ1) is 8.60. The Morgan fingerprint density at radius 2 is 2.33 bits per heavy atom. The lowest BCUT2D eigenvalue weighted by Gasteiger charge is -1.96. The fraction of sp³-hybridized carbons (Fsp3) is 0.714. The maximum absolute atomic E-state index is 5.63. The van der Waals surface area contributed by atoms with Crippen LogP contribution in [0.2, 0.25) is 6.32 Å². The van der Waals surface area contributed by atoms with E-state index >= 15 is 0 Å². The van der Waals surface area contributed by atoms with Crippen LogP contribution in [0.3, 0.4) is 0 Å². The van der Waals surface area contributed by atoms with Gasteiger partial charge < -0.3 is 5.73 Å². The number of hydrogen-bond acceptors (Lipinski definition) is 1. The molecule has 0 radical (unpaired) electrons. The van der Waals surface area contributed by atoms with E-state index in [1.165, 1.54) is 12.7 Å². The van der Waals surface area contributed by atoms with Crippen molar-refractivity contribution in [1.29, 1.82) is 0 Å². The smallest absolute Gasteiger partial charge is 0.101 e. The summed E-state index contributed by atoms with van der Waals surface area (Å²) in [6.07, 6.45) is 6.69. The van der Waals surface area contributed by atoms with E-state index in [1.54, 1.807) is 0 Å². The molecule has 0 aromatic heterocycles. The van der Waals surface area contributed by atoms with Gasteiger partial charge in [-0.05, 0) is 12.8 Å². The van der Waals surface area contributed by atoms with Crippen LogP contribution in [0.25, 0.3) is 0 Å². The van der Waals surface area contributed by atoms with Crippen LogP contribution < -0.4 is 5.73 Å². The van der Waals surface area contributed by atoms with E-state index in [0.29, 0.717) is 0 Å². The van der Waals surface area contributed by atoms with Gasteiger partial charge in [0, 0.05) is 5.70 Å². The van der Waals surface area contributed by atoms with Crippen molar-refractivity contribution in [2.24, 2.45) is 5.73 Å². The van der Waals surface area contributed by atoms with Crippen LogP contribution in [0.15, 0.2) is 11.8 Å².